The summed E-state index contributed by atoms with van der Waals surface area (Å²) in [4.78, 5) is 14.5. The Kier molecular flexibility index (Phi) is 5.41. The monoisotopic (exact) mass is 284 g/mol. The molecule has 2 rings (SSSR count). The molecular weight excluding hydrogens is 256 g/mol. The van der Waals surface area contributed by atoms with Gasteiger partial charge in [-0.2, -0.15) is 0 Å². The Morgan fingerprint density at radius 2 is 2.10 bits per heavy atom. The lowest BCUT2D eigenvalue weighted by atomic mass is 9.76. The maximum atomic E-state index is 12.4. The van der Waals surface area contributed by atoms with E-state index in [0.717, 1.165) is 19.4 Å². The van der Waals surface area contributed by atoms with Crippen LogP contribution in [0.15, 0.2) is 0 Å². The molecule has 0 aromatic heterocycles. The molecule has 1 aliphatic heterocycles. The highest BCUT2D eigenvalue weighted by Crippen LogP contribution is 2.32. The molecule has 5 heteroatoms. The summed E-state index contributed by atoms with van der Waals surface area (Å²) in [5, 5.41) is 12.8. The molecule has 2 atom stereocenters. The highest BCUT2D eigenvalue weighted by molar-refractivity contribution is 5.82. The zero-order valence-electron chi connectivity index (χ0n) is 12.7. The average molecular weight is 284 g/mol. The van der Waals surface area contributed by atoms with Crippen molar-refractivity contribution in [3.63, 3.8) is 0 Å². The van der Waals surface area contributed by atoms with E-state index in [1.807, 2.05) is 14.0 Å². The van der Waals surface area contributed by atoms with E-state index in [-0.39, 0.29) is 12.5 Å². The topological polar surface area (TPSA) is 61.8 Å². The molecule has 1 saturated carbocycles. The Morgan fingerprint density at radius 3 is 2.70 bits per heavy atom. The van der Waals surface area contributed by atoms with Crippen LogP contribution in [0.2, 0.25) is 0 Å². The number of rotatable bonds is 4. The fourth-order valence-corrected chi connectivity index (χ4v) is 3.31. The summed E-state index contributed by atoms with van der Waals surface area (Å²) in [7, 11) is 2.00. The molecule has 5 nitrogen and oxygen atoms in total. The lowest BCUT2D eigenvalue weighted by Gasteiger charge is -2.40. The lowest BCUT2D eigenvalue weighted by Crippen LogP contribution is -2.59. The Bertz CT molecular complexity index is 331. The van der Waals surface area contributed by atoms with Gasteiger partial charge in [-0.05, 0) is 32.7 Å². The molecular formula is C15H28N2O3. The number of carbonyl (C=O) groups excluding carboxylic acids is 1. The van der Waals surface area contributed by atoms with Crippen molar-refractivity contribution in [2.24, 2.45) is 5.92 Å². The fraction of sp³-hybridized carbons (Fsp3) is 0.933. The van der Waals surface area contributed by atoms with Crippen molar-refractivity contribution in [3.8, 4) is 0 Å². The molecule has 20 heavy (non-hydrogen) atoms. The summed E-state index contributed by atoms with van der Waals surface area (Å²) in [6.07, 6.45) is 5.41. The zero-order chi connectivity index (χ0) is 14.6. The number of nitrogens with zero attached hydrogens (tertiary/aromatic N) is 1. The van der Waals surface area contributed by atoms with E-state index in [2.05, 4.69) is 10.2 Å². The van der Waals surface area contributed by atoms with Crippen LogP contribution in [0.25, 0.3) is 0 Å². The third-order valence-electron chi connectivity index (χ3n) is 4.81. The van der Waals surface area contributed by atoms with Gasteiger partial charge in [0, 0.05) is 13.1 Å². The van der Waals surface area contributed by atoms with Crippen molar-refractivity contribution in [3.05, 3.63) is 0 Å². The van der Waals surface area contributed by atoms with Crippen molar-refractivity contribution in [2.45, 2.75) is 50.7 Å². The van der Waals surface area contributed by atoms with Crippen LogP contribution in [-0.4, -0.2) is 60.9 Å². The first kappa shape index (κ1) is 15.7. The van der Waals surface area contributed by atoms with Crippen LogP contribution in [-0.2, 0) is 9.53 Å². The number of carbonyl (C=O) groups is 1. The van der Waals surface area contributed by atoms with Crippen LogP contribution < -0.4 is 5.32 Å². The summed E-state index contributed by atoms with van der Waals surface area (Å²) >= 11 is 0. The highest BCUT2D eigenvalue weighted by Gasteiger charge is 2.38. The SMILES string of the molecule is CN1CCO[C@@H](C(=O)N[C@](C)(CO)C2CCCCC2)C1. The minimum absolute atomic E-state index is 0.00797. The number of aliphatic hydroxyl groups is 1. The van der Waals surface area contributed by atoms with Crippen LogP contribution >= 0.6 is 0 Å². The van der Waals surface area contributed by atoms with Crippen molar-refractivity contribution in [1.29, 1.82) is 0 Å². The molecule has 0 radical (unpaired) electrons. The quantitative estimate of drug-likeness (QED) is 0.800. The number of ether oxygens (including phenoxy) is 1. The summed E-state index contributed by atoms with van der Waals surface area (Å²) in [5.74, 6) is 0.283. The van der Waals surface area contributed by atoms with Gasteiger partial charge in [-0.25, -0.2) is 0 Å². The first-order valence-corrected chi connectivity index (χ1v) is 7.78. The molecule has 2 N–H and O–H groups in total. The van der Waals surface area contributed by atoms with Crippen molar-refractivity contribution >= 4 is 5.91 Å². The van der Waals surface area contributed by atoms with Gasteiger partial charge in [0.1, 0.15) is 6.10 Å². The first-order valence-electron chi connectivity index (χ1n) is 7.78. The molecule has 1 saturated heterocycles. The molecule has 2 fully saturated rings. The summed E-state index contributed by atoms with van der Waals surface area (Å²) in [6, 6.07) is 0. The molecule has 0 spiro atoms. The number of aliphatic hydroxyl groups excluding tert-OH is 1. The van der Waals surface area contributed by atoms with Crippen molar-refractivity contribution < 1.29 is 14.6 Å². The Balaban J connectivity index is 1.95. The largest absolute Gasteiger partial charge is 0.394 e. The number of nitrogens with one attached hydrogen (secondary N) is 1. The lowest BCUT2D eigenvalue weighted by molar-refractivity contribution is -0.141. The van der Waals surface area contributed by atoms with Gasteiger partial charge in [0.15, 0.2) is 0 Å². The maximum Gasteiger partial charge on any atom is 0.250 e. The second-order valence-electron chi connectivity index (χ2n) is 6.52. The molecule has 1 heterocycles. The number of hydrogen-bond acceptors (Lipinski definition) is 4. The van der Waals surface area contributed by atoms with E-state index in [1.54, 1.807) is 0 Å². The number of hydrogen-bond donors (Lipinski definition) is 2. The number of likely N-dealkylation sites (N-methyl/N-ethyl adjacent to an activating group) is 1. The Hall–Kier alpha value is -0.650. The van der Waals surface area contributed by atoms with Gasteiger partial charge in [0.25, 0.3) is 5.91 Å². The van der Waals surface area contributed by atoms with E-state index in [1.165, 1.54) is 19.3 Å². The van der Waals surface area contributed by atoms with Crippen LogP contribution in [0, 0.1) is 5.92 Å². The molecule has 1 amide bonds. The molecule has 2 aliphatic rings. The van der Waals surface area contributed by atoms with E-state index >= 15 is 0 Å². The average Bonchev–Trinajstić information content (AvgIpc) is 2.48. The van der Waals surface area contributed by atoms with Crippen LogP contribution in [0.5, 0.6) is 0 Å². The predicted molar refractivity (Wildman–Crippen MR) is 77.4 cm³/mol. The summed E-state index contributed by atoms with van der Waals surface area (Å²) < 4.78 is 5.55. The van der Waals surface area contributed by atoms with E-state index < -0.39 is 11.6 Å². The van der Waals surface area contributed by atoms with Gasteiger partial charge in [-0.15, -0.1) is 0 Å². The normalized spacial score (nSPS) is 28.9. The predicted octanol–water partition coefficient (Wildman–Crippen LogP) is 0.764. The van der Waals surface area contributed by atoms with Crippen LogP contribution in [0.4, 0.5) is 0 Å². The van der Waals surface area contributed by atoms with Gasteiger partial charge < -0.3 is 20.1 Å². The molecule has 0 unspecified atom stereocenters. The van der Waals surface area contributed by atoms with E-state index in [9.17, 15) is 9.90 Å². The minimum atomic E-state index is -0.517. The number of amides is 1. The van der Waals surface area contributed by atoms with Crippen molar-refractivity contribution in [2.75, 3.05) is 33.4 Å². The third kappa shape index (κ3) is 3.71. The standard InChI is InChI=1S/C15H28N2O3/c1-15(11-18,12-6-4-3-5-7-12)16-14(19)13-10-17(2)8-9-20-13/h12-13,18H,3-11H2,1-2H3,(H,16,19)/t13-,15-/m1/s1. The Morgan fingerprint density at radius 1 is 1.40 bits per heavy atom. The summed E-state index contributed by atoms with van der Waals surface area (Å²) in [5.41, 5.74) is -0.517. The Labute approximate surface area is 121 Å². The highest BCUT2D eigenvalue weighted by atomic mass is 16.5. The second-order valence-corrected chi connectivity index (χ2v) is 6.52. The third-order valence-corrected chi connectivity index (χ3v) is 4.81. The van der Waals surface area contributed by atoms with Crippen LogP contribution in [0.1, 0.15) is 39.0 Å². The molecule has 0 aromatic carbocycles. The minimum Gasteiger partial charge on any atom is -0.394 e. The second kappa shape index (κ2) is 6.87. The van der Waals surface area contributed by atoms with Gasteiger partial charge in [-0.3, -0.25) is 4.79 Å². The summed E-state index contributed by atoms with van der Waals surface area (Å²) in [6.45, 7) is 4.04. The van der Waals surface area contributed by atoms with Gasteiger partial charge >= 0.3 is 0 Å². The van der Waals surface area contributed by atoms with Gasteiger partial charge in [0.2, 0.25) is 0 Å². The zero-order valence-corrected chi connectivity index (χ0v) is 12.7. The smallest absolute Gasteiger partial charge is 0.250 e. The van der Waals surface area contributed by atoms with Crippen molar-refractivity contribution in [1.82, 2.24) is 10.2 Å². The fourth-order valence-electron chi connectivity index (χ4n) is 3.31. The van der Waals surface area contributed by atoms with Gasteiger partial charge in [0.05, 0.1) is 18.8 Å². The molecule has 116 valence electrons. The molecule has 1 aliphatic carbocycles. The van der Waals surface area contributed by atoms with E-state index in [4.69, 9.17) is 4.74 Å². The van der Waals surface area contributed by atoms with Crippen LogP contribution in [0.3, 0.4) is 0 Å². The first-order chi connectivity index (χ1) is 9.55. The number of morpholine rings is 1. The maximum absolute atomic E-state index is 12.4. The molecule has 0 bridgehead atoms. The molecule has 0 aromatic rings. The van der Waals surface area contributed by atoms with E-state index in [0.29, 0.717) is 19.1 Å². The van der Waals surface area contributed by atoms with Gasteiger partial charge in [-0.1, -0.05) is 19.3 Å².